The van der Waals surface area contributed by atoms with E-state index in [1.165, 1.54) is 22.5 Å². The van der Waals surface area contributed by atoms with Gasteiger partial charge in [0.2, 0.25) is 26.1 Å². The Bertz CT molecular complexity index is 1330. The second kappa shape index (κ2) is 8.09. The van der Waals surface area contributed by atoms with Crippen LogP contribution in [0, 0.1) is 6.92 Å². The predicted molar refractivity (Wildman–Crippen MR) is 124 cm³/mol. The minimum absolute atomic E-state index is 0.0247. The molecule has 1 fully saturated rings. The number of anilines is 1. The number of hydrogen-bond acceptors (Lipinski definition) is 6. The average Bonchev–Trinajstić information content (AvgIpc) is 3.37. The first-order chi connectivity index (χ1) is 15.7. The Morgan fingerprint density at radius 2 is 1.79 bits per heavy atom. The van der Waals surface area contributed by atoms with Crippen LogP contribution in [0.2, 0.25) is 0 Å². The molecule has 5 rings (SSSR count). The topological polar surface area (TPSA) is 105 Å². The number of rotatable bonds is 4. The number of carbonyl (C=O) groups excluding carboxylic acids is 1. The molecule has 1 N–H and O–H groups in total. The van der Waals surface area contributed by atoms with E-state index in [9.17, 15) is 13.2 Å². The maximum absolute atomic E-state index is 13.2. The molecule has 0 atom stereocenters. The van der Waals surface area contributed by atoms with Crippen molar-refractivity contribution in [3.63, 3.8) is 0 Å². The van der Waals surface area contributed by atoms with Gasteiger partial charge in [0.25, 0.3) is 5.91 Å². The SMILES string of the molecule is Cc1ccc(-c2nnc(C3CCN(S(=O)(=O)c4ccc5c(c4)C(Cl)(Cl)C(=O)N5)CC3)o2)cc1. The van der Waals surface area contributed by atoms with Gasteiger partial charge in [-0.1, -0.05) is 40.9 Å². The second-order valence-corrected chi connectivity index (χ2v) is 11.5. The normalized spacial score (nSPS) is 18.8. The maximum atomic E-state index is 13.2. The van der Waals surface area contributed by atoms with Crippen LogP contribution < -0.4 is 5.32 Å². The first kappa shape index (κ1) is 22.3. The van der Waals surface area contributed by atoms with Gasteiger partial charge in [0.15, 0.2) is 0 Å². The zero-order valence-electron chi connectivity index (χ0n) is 17.6. The molecule has 1 amide bonds. The maximum Gasteiger partial charge on any atom is 0.265 e. The molecule has 0 bridgehead atoms. The van der Waals surface area contributed by atoms with Crippen LogP contribution >= 0.6 is 23.2 Å². The van der Waals surface area contributed by atoms with Gasteiger partial charge >= 0.3 is 0 Å². The number of hydrogen-bond donors (Lipinski definition) is 1. The highest BCUT2D eigenvalue weighted by atomic mass is 35.5. The number of alkyl halides is 2. The van der Waals surface area contributed by atoms with E-state index in [1.807, 2.05) is 31.2 Å². The highest BCUT2D eigenvalue weighted by Gasteiger charge is 2.44. The monoisotopic (exact) mass is 506 g/mol. The Hall–Kier alpha value is -2.46. The molecule has 0 spiro atoms. The van der Waals surface area contributed by atoms with Crippen LogP contribution in [0.3, 0.4) is 0 Å². The Balaban J connectivity index is 1.30. The van der Waals surface area contributed by atoms with Crippen LogP contribution in [-0.2, 0) is 19.2 Å². The van der Waals surface area contributed by atoms with E-state index in [1.54, 1.807) is 0 Å². The lowest BCUT2D eigenvalue weighted by Gasteiger charge is -2.29. The van der Waals surface area contributed by atoms with E-state index in [-0.39, 0.29) is 16.4 Å². The van der Waals surface area contributed by atoms with Crippen molar-refractivity contribution in [1.29, 1.82) is 0 Å². The van der Waals surface area contributed by atoms with Gasteiger partial charge in [0, 0.05) is 35.8 Å². The fourth-order valence-electron chi connectivity index (χ4n) is 4.08. The van der Waals surface area contributed by atoms with Crippen LogP contribution in [0.1, 0.15) is 35.8 Å². The van der Waals surface area contributed by atoms with Crippen molar-refractivity contribution in [2.75, 3.05) is 18.4 Å². The van der Waals surface area contributed by atoms with Crippen molar-refractivity contribution in [1.82, 2.24) is 14.5 Å². The quantitative estimate of drug-likeness (QED) is 0.531. The molecule has 1 saturated heterocycles. The van der Waals surface area contributed by atoms with Crippen LogP contribution in [0.15, 0.2) is 51.8 Å². The molecule has 11 heteroatoms. The minimum atomic E-state index is -3.79. The number of benzene rings is 2. The molecule has 33 heavy (non-hydrogen) atoms. The summed E-state index contributed by atoms with van der Waals surface area (Å²) in [6, 6.07) is 12.1. The van der Waals surface area contributed by atoms with E-state index >= 15 is 0 Å². The zero-order valence-corrected chi connectivity index (χ0v) is 19.9. The number of sulfonamides is 1. The van der Waals surface area contributed by atoms with Gasteiger partial charge in [-0.05, 0) is 50.1 Å². The number of nitrogens with one attached hydrogen (secondary N) is 1. The van der Waals surface area contributed by atoms with Crippen molar-refractivity contribution in [3.05, 3.63) is 59.5 Å². The second-order valence-electron chi connectivity index (χ2n) is 8.23. The molecule has 8 nitrogen and oxygen atoms in total. The number of fused-ring (bicyclic) bond motifs is 1. The largest absolute Gasteiger partial charge is 0.420 e. The molecular weight excluding hydrogens is 487 g/mol. The lowest BCUT2D eigenvalue weighted by molar-refractivity contribution is -0.116. The predicted octanol–water partition coefficient (Wildman–Crippen LogP) is 4.20. The Morgan fingerprint density at radius 1 is 1.09 bits per heavy atom. The van der Waals surface area contributed by atoms with Crippen molar-refractivity contribution in [2.45, 2.75) is 34.9 Å². The zero-order chi connectivity index (χ0) is 23.4. The molecule has 3 heterocycles. The summed E-state index contributed by atoms with van der Waals surface area (Å²) < 4.78 is 31.9. The summed E-state index contributed by atoms with van der Waals surface area (Å²) in [5, 5.41) is 10.9. The molecule has 0 aliphatic carbocycles. The summed E-state index contributed by atoms with van der Waals surface area (Å²) in [6.07, 6.45) is 1.10. The van der Waals surface area contributed by atoms with Gasteiger partial charge < -0.3 is 9.73 Å². The number of aromatic nitrogens is 2. The van der Waals surface area contributed by atoms with Gasteiger partial charge in [-0.15, -0.1) is 10.2 Å². The highest BCUT2D eigenvalue weighted by molar-refractivity contribution is 7.89. The van der Waals surface area contributed by atoms with E-state index < -0.39 is 20.3 Å². The molecular formula is C22H20Cl2N4O4S. The first-order valence-corrected chi connectivity index (χ1v) is 12.6. The third kappa shape index (κ3) is 3.93. The van der Waals surface area contributed by atoms with Crippen LogP contribution in [0.25, 0.3) is 11.5 Å². The summed E-state index contributed by atoms with van der Waals surface area (Å²) in [5.74, 6) is 0.342. The molecule has 0 saturated carbocycles. The average molecular weight is 507 g/mol. The fraction of sp³-hybridized carbons (Fsp3) is 0.318. The first-order valence-electron chi connectivity index (χ1n) is 10.4. The van der Waals surface area contributed by atoms with Crippen molar-refractivity contribution >= 4 is 44.8 Å². The fourth-order valence-corrected chi connectivity index (χ4v) is 5.98. The van der Waals surface area contributed by atoms with Crippen LogP contribution in [0.4, 0.5) is 5.69 Å². The Kier molecular flexibility index (Phi) is 5.48. The minimum Gasteiger partial charge on any atom is -0.420 e. The summed E-state index contributed by atoms with van der Waals surface area (Å²) >= 11 is 12.2. The Labute approximate surface area is 200 Å². The number of carbonyl (C=O) groups is 1. The third-order valence-electron chi connectivity index (χ3n) is 6.04. The highest BCUT2D eigenvalue weighted by Crippen LogP contribution is 2.45. The molecule has 1 aromatic heterocycles. The van der Waals surface area contributed by atoms with Gasteiger partial charge in [-0.2, -0.15) is 4.31 Å². The van der Waals surface area contributed by atoms with E-state index in [4.69, 9.17) is 27.6 Å². The molecule has 3 aromatic rings. The number of piperidine rings is 1. The number of nitrogens with zero attached hydrogens (tertiary/aromatic N) is 3. The summed E-state index contributed by atoms with van der Waals surface area (Å²) in [4.78, 5) is 12.0. The van der Waals surface area contributed by atoms with Crippen molar-refractivity contribution in [3.8, 4) is 11.5 Å². The van der Waals surface area contributed by atoms with Crippen LogP contribution in [0.5, 0.6) is 0 Å². The number of amides is 1. The Morgan fingerprint density at radius 3 is 2.48 bits per heavy atom. The summed E-state index contributed by atoms with van der Waals surface area (Å²) in [7, 11) is -3.79. The smallest absolute Gasteiger partial charge is 0.265 e. The van der Waals surface area contributed by atoms with Crippen molar-refractivity contribution in [2.24, 2.45) is 0 Å². The molecule has 0 unspecified atom stereocenters. The number of halogens is 2. The lowest BCUT2D eigenvalue weighted by Crippen LogP contribution is -2.38. The summed E-state index contributed by atoms with van der Waals surface area (Å²) in [5.41, 5.74) is 2.63. The van der Waals surface area contributed by atoms with Gasteiger partial charge in [-0.3, -0.25) is 4.79 Å². The van der Waals surface area contributed by atoms with Crippen molar-refractivity contribution < 1.29 is 17.6 Å². The van der Waals surface area contributed by atoms with Crippen LogP contribution in [-0.4, -0.2) is 41.9 Å². The van der Waals surface area contributed by atoms with Gasteiger partial charge in [-0.25, -0.2) is 8.42 Å². The lowest BCUT2D eigenvalue weighted by atomic mass is 9.98. The molecule has 0 radical (unpaired) electrons. The van der Waals surface area contributed by atoms with Gasteiger partial charge in [0.1, 0.15) is 0 Å². The summed E-state index contributed by atoms with van der Waals surface area (Å²) in [6.45, 7) is 2.61. The molecule has 2 aliphatic rings. The molecule has 172 valence electrons. The van der Waals surface area contributed by atoms with E-state index in [0.29, 0.717) is 43.4 Å². The van der Waals surface area contributed by atoms with E-state index in [0.717, 1.165) is 11.1 Å². The number of aryl methyl sites for hydroxylation is 1. The third-order valence-corrected chi connectivity index (χ3v) is 8.69. The molecule has 2 aromatic carbocycles. The van der Waals surface area contributed by atoms with Gasteiger partial charge in [0.05, 0.1) is 4.90 Å². The standard InChI is InChI=1S/C22H20Cl2N4O4S/c1-13-2-4-14(5-3-13)19-26-27-20(32-19)15-8-10-28(11-9-15)33(30,31)16-6-7-18-17(12-16)22(23,24)21(29)25-18/h2-7,12,15H,8-11H2,1H3,(H,25,29). The molecule has 2 aliphatic heterocycles. The van der Waals surface area contributed by atoms with E-state index in [2.05, 4.69) is 15.5 Å².